The Kier molecular flexibility index (Phi) is 5.34. The summed E-state index contributed by atoms with van der Waals surface area (Å²) in [5.74, 6) is 0.641. The van der Waals surface area contributed by atoms with Gasteiger partial charge in [0.15, 0.2) is 0 Å². The molecule has 106 valence electrons. The molecule has 1 unspecified atom stereocenters. The van der Waals surface area contributed by atoms with E-state index in [-0.39, 0.29) is 11.9 Å². The van der Waals surface area contributed by atoms with Crippen LogP contribution in [0, 0.1) is 11.7 Å². The fourth-order valence-corrected chi connectivity index (χ4v) is 2.81. The molecular weight excluding hydrogens is 239 g/mol. The number of rotatable bonds is 5. The molecule has 1 N–H and O–H groups in total. The molecular formula is C16H25FN2. The zero-order valence-corrected chi connectivity index (χ0v) is 12.0. The van der Waals surface area contributed by atoms with Crippen LogP contribution >= 0.6 is 0 Å². The molecule has 2 rings (SSSR count). The van der Waals surface area contributed by atoms with Crippen molar-refractivity contribution in [2.24, 2.45) is 5.92 Å². The highest BCUT2D eigenvalue weighted by Crippen LogP contribution is 2.21. The van der Waals surface area contributed by atoms with Gasteiger partial charge >= 0.3 is 0 Å². The van der Waals surface area contributed by atoms with E-state index >= 15 is 0 Å². The molecule has 0 spiro atoms. The summed E-state index contributed by atoms with van der Waals surface area (Å²) in [4.78, 5) is 2.38. The Morgan fingerprint density at radius 2 is 2.00 bits per heavy atom. The van der Waals surface area contributed by atoms with E-state index in [1.807, 2.05) is 12.1 Å². The van der Waals surface area contributed by atoms with Crippen LogP contribution in [0.1, 0.15) is 37.8 Å². The predicted octanol–water partition coefficient (Wildman–Crippen LogP) is 3.21. The topological polar surface area (TPSA) is 15.3 Å². The largest absolute Gasteiger partial charge is 0.310 e. The van der Waals surface area contributed by atoms with Crippen LogP contribution in [0.2, 0.25) is 0 Å². The molecule has 19 heavy (non-hydrogen) atoms. The monoisotopic (exact) mass is 264 g/mol. The number of hydrogen-bond donors (Lipinski definition) is 1. The number of nitrogens with zero attached hydrogens (tertiary/aromatic N) is 1. The molecule has 0 aliphatic carbocycles. The van der Waals surface area contributed by atoms with Crippen LogP contribution in [0.15, 0.2) is 24.3 Å². The van der Waals surface area contributed by atoms with E-state index in [0.717, 1.165) is 24.4 Å². The lowest BCUT2D eigenvalue weighted by molar-refractivity contribution is 0.212. The molecule has 1 aromatic rings. The lowest BCUT2D eigenvalue weighted by atomic mass is 9.96. The molecule has 2 nitrogen and oxygen atoms in total. The first-order valence-corrected chi connectivity index (χ1v) is 7.37. The minimum absolute atomic E-state index is 0.0924. The van der Waals surface area contributed by atoms with E-state index in [1.165, 1.54) is 25.9 Å². The van der Waals surface area contributed by atoms with Crippen LogP contribution in [0.3, 0.4) is 0 Å². The Morgan fingerprint density at radius 3 is 2.63 bits per heavy atom. The predicted molar refractivity (Wildman–Crippen MR) is 77.7 cm³/mol. The van der Waals surface area contributed by atoms with E-state index < -0.39 is 0 Å². The quantitative estimate of drug-likeness (QED) is 0.878. The summed E-state index contributed by atoms with van der Waals surface area (Å²) in [5.41, 5.74) is 0.804. The maximum Gasteiger partial charge on any atom is 0.127 e. The van der Waals surface area contributed by atoms with Gasteiger partial charge in [-0.25, -0.2) is 4.39 Å². The number of nitrogens with one attached hydrogen (secondary N) is 1. The maximum absolute atomic E-state index is 13.8. The van der Waals surface area contributed by atoms with Crippen molar-refractivity contribution in [3.05, 3.63) is 35.6 Å². The van der Waals surface area contributed by atoms with Crippen molar-refractivity contribution >= 4 is 0 Å². The van der Waals surface area contributed by atoms with Crippen LogP contribution in [-0.4, -0.2) is 31.6 Å². The van der Waals surface area contributed by atoms with Gasteiger partial charge in [-0.2, -0.15) is 0 Å². The van der Waals surface area contributed by atoms with E-state index in [1.54, 1.807) is 12.1 Å². The third-order valence-corrected chi connectivity index (χ3v) is 4.18. The highest BCUT2D eigenvalue weighted by atomic mass is 19.1. The second kappa shape index (κ2) is 7.01. The van der Waals surface area contributed by atoms with E-state index in [0.29, 0.717) is 0 Å². The van der Waals surface area contributed by atoms with Crippen LogP contribution in [0.25, 0.3) is 0 Å². The van der Waals surface area contributed by atoms with Crippen molar-refractivity contribution in [2.45, 2.75) is 32.2 Å². The van der Waals surface area contributed by atoms with Crippen molar-refractivity contribution in [3.63, 3.8) is 0 Å². The molecule has 1 atom stereocenters. The van der Waals surface area contributed by atoms with Crippen LogP contribution in [0.5, 0.6) is 0 Å². The minimum atomic E-state index is -0.0924. The molecule has 1 heterocycles. The molecule has 1 aromatic carbocycles. The standard InChI is InChI=1S/C16H25FN2/c1-3-16(14-6-4-5-7-15(14)17)18-12-13-8-10-19(2)11-9-13/h4-7,13,16,18H,3,8-12H2,1-2H3. The molecule has 0 aromatic heterocycles. The molecule has 3 heteroatoms. The third-order valence-electron chi connectivity index (χ3n) is 4.18. The van der Waals surface area contributed by atoms with Crippen LogP contribution < -0.4 is 5.32 Å². The number of benzene rings is 1. The first kappa shape index (κ1) is 14.5. The van der Waals surface area contributed by atoms with Gasteiger partial charge in [0.2, 0.25) is 0 Å². The fraction of sp³-hybridized carbons (Fsp3) is 0.625. The summed E-state index contributed by atoms with van der Waals surface area (Å²) in [6.45, 7) is 5.48. The fourth-order valence-electron chi connectivity index (χ4n) is 2.81. The summed E-state index contributed by atoms with van der Waals surface area (Å²) >= 11 is 0. The van der Waals surface area contributed by atoms with Gasteiger partial charge in [0, 0.05) is 11.6 Å². The summed E-state index contributed by atoms with van der Waals surface area (Å²) in [6.07, 6.45) is 3.42. The Balaban J connectivity index is 1.88. The molecule has 0 radical (unpaired) electrons. The Bertz CT molecular complexity index is 386. The van der Waals surface area contributed by atoms with Crippen molar-refractivity contribution in [1.29, 1.82) is 0 Å². The van der Waals surface area contributed by atoms with Gasteiger partial charge in [-0.15, -0.1) is 0 Å². The molecule has 0 saturated carbocycles. The van der Waals surface area contributed by atoms with E-state index in [9.17, 15) is 4.39 Å². The first-order valence-electron chi connectivity index (χ1n) is 7.37. The third kappa shape index (κ3) is 4.02. The van der Waals surface area contributed by atoms with Crippen molar-refractivity contribution in [3.8, 4) is 0 Å². The number of hydrogen-bond acceptors (Lipinski definition) is 2. The average molecular weight is 264 g/mol. The van der Waals surface area contributed by atoms with Gasteiger partial charge in [-0.3, -0.25) is 0 Å². The normalized spacial score (nSPS) is 19.5. The van der Waals surface area contributed by atoms with Crippen LogP contribution in [-0.2, 0) is 0 Å². The van der Waals surface area contributed by atoms with Crippen LogP contribution in [0.4, 0.5) is 4.39 Å². The Hall–Kier alpha value is -0.930. The summed E-state index contributed by atoms with van der Waals surface area (Å²) < 4.78 is 13.8. The highest BCUT2D eigenvalue weighted by Gasteiger charge is 2.19. The van der Waals surface area contributed by atoms with E-state index in [4.69, 9.17) is 0 Å². The lowest BCUT2D eigenvalue weighted by Gasteiger charge is -2.30. The zero-order chi connectivity index (χ0) is 13.7. The number of piperidine rings is 1. The van der Waals surface area contributed by atoms with Gasteiger partial charge < -0.3 is 10.2 Å². The second-order valence-corrected chi connectivity index (χ2v) is 5.64. The SMILES string of the molecule is CCC(NCC1CCN(C)CC1)c1ccccc1F. The Labute approximate surface area is 116 Å². The second-order valence-electron chi connectivity index (χ2n) is 5.64. The summed E-state index contributed by atoms with van der Waals surface area (Å²) in [6, 6.07) is 7.25. The number of likely N-dealkylation sites (tertiary alicyclic amines) is 1. The van der Waals surface area contributed by atoms with Gasteiger partial charge in [0.1, 0.15) is 5.82 Å². The summed E-state index contributed by atoms with van der Waals surface area (Å²) in [5, 5.41) is 3.55. The zero-order valence-electron chi connectivity index (χ0n) is 12.0. The Morgan fingerprint density at radius 1 is 1.32 bits per heavy atom. The van der Waals surface area contributed by atoms with Gasteiger partial charge in [0.05, 0.1) is 0 Å². The molecule has 1 aliphatic heterocycles. The summed E-state index contributed by atoms with van der Waals surface area (Å²) in [7, 11) is 2.18. The van der Waals surface area contributed by atoms with Gasteiger partial charge in [-0.05, 0) is 57.9 Å². The van der Waals surface area contributed by atoms with E-state index in [2.05, 4.69) is 24.2 Å². The molecule has 0 amide bonds. The minimum Gasteiger partial charge on any atom is -0.310 e. The lowest BCUT2D eigenvalue weighted by Crippen LogP contribution is -2.36. The van der Waals surface area contributed by atoms with Gasteiger partial charge in [0.25, 0.3) is 0 Å². The number of halogens is 1. The molecule has 1 saturated heterocycles. The smallest absolute Gasteiger partial charge is 0.127 e. The molecule has 0 bridgehead atoms. The molecule has 1 aliphatic rings. The first-order chi connectivity index (χ1) is 9.20. The molecule has 1 fully saturated rings. The van der Waals surface area contributed by atoms with Crippen molar-refractivity contribution in [1.82, 2.24) is 10.2 Å². The maximum atomic E-state index is 13.8. The average Bonchev–Trinajstić information content (AvgIpc) is 2.43. The van der Waals surface area contributed by atoms with Gasteiger partial charge in [-0.1, -0.05) is 25.1 Å². The van der Waals surface area contributed by atoms with Crippen molar-refractivity contribution < 1.29 is 4.39 Å². The highest BCUT2D eigenvalue weighted by molar-refractivity contribution is 5.21. The van der Waals surface area contributed by atoms with Crippen molar-refractivity contribution in [2.75, 3.05) is 26.7 Å².